The van der Waals surface area contributed by atoms with Gasteiger partial charge in [-0.2, -0.15) is 0 Å². The molecule has 2 rings (SSSR count). The fourth-order valence-corrected chi connectivity index (χ4v) is 3.06. The monoisotopic (exact) mass is 320 g/mol. The zero-order valence-corrected chi connectivity index (χ0v) is 14.3. The van der Waals surface area contributed by atoms with Crippen molar-refractivity contribution in [3.05, 3.63) is 29.3 Å². The number of aryl methyl sites for hydroxylation is 1. The molecule has 1 aliphatic rings. The number of benzene rings is 1. The second-order valence-corrected chi connectivity index (χ2v) is 6.40. The SMILES string of the molecule is COc1ccc2c(c1)CCC[C@@H]2CNC(=O)N(C)CC[C@@H](C)O. The number of ether oxygens (including phenoxy) is 1. The molecule has 1 aliphatic carbocycles. The maximum atomic E-state index is 12.1. The van der Waals surface area contributed by atoms with Crippen LogP contribution in [-0.2, 0) is 6.42 Å². The van der Waals surface area contributed by atoms with Crippen molar-refractivity contribution in [3.8, 4) is 5.75 Å². The highest BCUT2D eigenvalue weighted by Gasteiger charge is 2.21. The van der Waals surface area contributed by atoms with Gasteiger partial charge in [0.1, 0.15) is 5.75 Å². The van der Waals surface area contributed by atoms with Crippen LogP contribution in [0, 0.1) is 0 Å². The lowest BCUT2D eigenvalue weighted by Crippen LogP contribution is -2.40. The fraction of sp³-hybridized carbons (Fsp3) is 0.611. The summed E-state index contributed by atoms with van der Waals surface area (Å²) >= 11 is 0. The van der Waals surface area contributed by atoms with Crippen molar-refractivity contribution >= 4 is 6.03 Å². The quantitative estimate of drug-likeness (QED) is 0.847. The number of nitrogens with zero attached hydrogens (tertiary/aromatic N) is 1. The highest BCUT2D eigenvalue weighted by atomic mass is 16.5. The standard InChI is InChI=1S/C18H28N2O3/c1-13(21)9-10-20(2)18(22)19-12-15-6-4-5-14-11-16(23-3)7-8-17(14)15/h7-8,11,13,15,21H,4-6,9-10,12H2,1-3H3,(H,19,22)/t13-,15-/m1/s1. The molecule has 128 valence electrons. The molecule has 5 heteroatoms. The van der Waals surface area contributed by atoms with Crippen molar-refractivity contribution in [2.75, 3.05) is 27.2 Å². The summed E-state index contributed by atoms with van der Waals surface area (Å²) in [4.78, 5) is 13.8. The smallest absolute Gasteiger partial charge is 0.317 e. The van der Waals surface area contributed by atoms with E-state index < -0.39 is 0 Å². The van der Waals surface area contributed by atoms with Crippen LogP contribution in [0.3, 0.4) is 0 Å². The van der Waals surface area contributed by atoms with Gasteiger partial charge in [0.2, 0.25) is 0 Å². The number of aliphatic hydroxyl groups is 1. The van der Waals surface area contributed by atoms with Crippen molar-refractivity contribution in [2.24, 2.45) is 0 Å². The number of fused-ring (bicyclic) bond motifs is 1. The number of hydrogen-bond donors (Lipinski definition) is 2. The predicted octanol–water partition coefficient (Wildman–Crippen LogP) is 2.53. The molecule has 23 heavy (non-hydrogen) atoms. The third kappa shape index (κ3) is 4.86. The lowest BCUT2D eigenvalue weighted by atomic mass is 9.82. The van der Waals surface area contributed by atoms with E-state index in [1.807, 2.05) is 6.07 Å². The number of methoxy groups -OCH3 is 1. The predicted molar refractivity (Wildman–Crippen MR) is 91.0 cm³/mol. The molecule has 0 saturated carbocycles. The molecule has 2 N–H and O–H groups in total. The number of carbonyl (C=O) groups excluding carboxylic acids is 1. The van der Waals surface area contributed by atoms with Gasteiger partial charge in [-0.3, -0.25) is 0 Å². The largest absolute Gasteiger partial charge is 0.497 e. The summed E-state index contributed by atoms with van der Waals surface area (Å²) in [6.07, 6.45) is 3.52. The first-order chi connectivity index (χ1) is 11.0. The van der Waals surface area contributed by atoms with E-state index in [0.29, 0.717) is 25.4 Å². The van der Waals surface area contributed by atoms with Gasteiger partial charge in [0.15, 0.2) is 0 Å². The second kappa shape index (κ2) is 8.20. The highest BCUT2D eigenvalue weighted by molar-refractivity contribution is 5.73. The maximum Gasteiger partial charge on any atom is 0.317 e. The molecule has 1 aromatic rings. The van der Waals surface area contributed by atoms with E-state index in [-0.39, 0.29) is 12.1 Å². The summed E-state index contributed by atoms with van der Waals surface area (Å²) in [6, 6.07) is 6.15. The van der Waals surface area contributed by atoms with Crippen molar-refractivity contribution in [1.82, 2.24) is 10.2 Å². The van der Waals surface area contributed by atoms with Crippen LogP contribution in [0.5, 0.6) is 5.75 Å². The Morgan fingerprint density at radius 2 is 2.30 bits per heavy atom. The Kier molecular flexibility index (Phi) is 6.28. The molecule has 5 nitrogen and oxygen atoms in total. The minimum Gasteiger partial charge on any atom is -0.497 e. The molecule has 0 aliphatic heterocycles. The second-order valence-electron chi connectivity index (χ2n) is 6.40. The van der Waals surface area contributed by atoms with E-state index in [9.17, 15) is 9.90 Å². The van der Waals surface area contributed by atoms with Crippen molar-refractivity contribution in [3.63, 3.8) is 0 Å². The van der Waals surface area contributed by atoms with Crippen molar-refractivity contribution in [1.29, 1.82) is 0 Å². The number of amides is 2. The van der Waals surface area contributed by atoms with E-state index in [2.05, 4.69) is 17.4 Å². The molecule has 1 aromatic carbocycles. The van der Waals surface area contributed by atoms with Crippen LogP contribution in [0.1, 0.15) is 43.2 Å². The van der Waals surface area contributed by atoms with Gasteiger partial charge in [0, 0.05) is 26.1 Å². The number of nitrogens with one attached hydrogen (secondary N) is 1. The Balaban J connectivity index is 1.91. The highest BCUT2D eigenvalue weighted by Crippen LogP contribution is 2.33. The first-order valence-electron chi connectivity index (χ1n) is 8.35. The summed E-state index contributed by atoms with van der Waals surface area (Å²) in [7, 11) is 3.45. The molecule has 0 saturated heterocycles. The normalized spacial score (nSPS) is 18.0. The van der Waals surface area contributed by atoms with Gasteiger partial charge >= 0.3 is 6.03 Å². The fourth-order valence-electron chi connectivity index (χ4n) is 3.06. The molecule has 0 unspecified atom stereocenters. The number of rotatable bonds is 6. The van der Waals surface area contributed by atoms with E-state index in [0.717, 1.165) is 25.0 Å². The average molecular weight is 320 g/mol. The van der Waals surface area contributed by atoms with Crippen molar-refractivity contribution < 1.29 is 14.6 Å². The lowest BCUT2D eigenvalue weighted by Gasteiger charge is -2.27. The Hall–Kier alpha value is -1.75. The molecule has 0 bridgehead atoms. The van der Waals surface area contributed by atoms with Crippen LogP contribution in [0.2, 0.25) is 0 Å². The van der Waals surface area contributed by atoms with E-state index in [1.165, 1.54) is 11.1 Å². The van der Waals surface area contributed by atoms with Crippen LogP contribution in [0.4, 0.5) is 4.79 Å². The first-order valence-corrected chi connectivity index (χ1v) is 8.35. The van der Waals surface area contributed by atoms with Crippen LogP contribution >= 0.6 is 0 Å². The summed E-state index contributed by atoms with van der Waals surface area (Å²) in [6.45, 7) is 2.94. The Bertz CT molecular complexity index is 531. The topological polar surface area (TPSA) is 61.8 Å². The minimum atomic E-state index is -0.384. The molecule has 0 radical (unpaired) electrons. The summed E-state index contributed by atoms with van der Waals surface area (Å²) in [5.41, 5.74) is 2.65. The van der Waals surface area contributed by atoms with Crippen LogP contribution < -0.4 is 10.1 Å². The van der Waals surface area contributed by atoms with E-state index in [4.69, 9.17) is 4.74 Å². The molecule has 0 heterocycles. The van der Waals surface area contributed by atoms with Gasteiger partial charge in [-0.25, -0.2) is 4.79 Å². The third-order valence-electron chi connectivity index (χ3n) is 4.52. The van der Waals surface area contributed by atoms with Gasteiger partial charge < -0.3 is 20.1 Å². The molecular weight excluding hydrogens is 292 g/mol. The van der Waals surface area contributed by atoms with Gasteiger partial charge in [-0.1, -0.05) is 6.07 Å². The Morgan fingerprint density at radius 1 is 1.52 bits per heavy atom. The van der Waals surface area contributed by atoms with Crippen LogP contribution in [0.25, 0.3) is 0 Å². The molecule has 2 amide bonds. The Labute approximate surface area is 138 Å². The molecule has 0 spiro atoms. The van der Waals surface area contributed by atoms with Gasteiger partial charge in [0.05, 0.1) is 13.2 Å². The van der Waals surface area contributed by atoms with Crippen LogP contribution in [0.15, 0.2) is 18.2 Å². The number of carbonyl (C=O) groups is 1. The first kappa shape index (κ1) is 17.6. The number of urea groups is 1. The lowest BCUT2D eigenvalue weighted by molar-refractivity contribution is 0.163. The van der Waals surface area contributed by atoms with Gasteiger partial charge in [-0.05, 0) is 55.9 Å². The van der Waals surface area contributed by atoms with Gasteiger partial charge in [0.25, 0.3) is 0 Å². The van der Waals surface area contributed by atoms with Crippen LogP contribution in [-0.4, -0.2) is 49.4 Å². The minimum absolute atomic E-state index is 0.0775. The average Bonchev–Trinajstić information content (AvgIpc) is 2.56. The molecule has 0 fully saturated rings. The summed E-state index contributed by atoms with van der Waals surface area (Å²) in [5.74, 6) is 1.25. The van der Waals surface area contributed by atoms with Crippen molar-refractivity contribution in [2.45, 2.75) is 44.6 Å². The maximum absolute atomic E-state index is 12.1. The summed E-state index contributed by atoms with van der Waals surface area (Å²) < 4.78 is 5.29. The third-order valence-corrected chi connectivity index (χ3v) is 4.52. The molecule has 2 atom stereocenters. The summed E-state index contributed by atoms with van der Waals surface area (Å²) in [5, 5.41) is 12.3. The zero-order chi connectivity index (χ0) is 16.8. The molecule has 0 aromatic heterocycles. The Morgan fingerprint density at radius 3 is 3.00 bits per heavy atom. The molecular formula is C18H28N2O3. The number of aliphatic hydroxyl groups excluding tert-OH is 1. The van der Waals surface area contributed by atoms with Gasteiger partial charge in [-0.15, -0.1) is 0 Å². The van der Waals surface area contributed by atoms with E-state index in [1.54, 1.807) is 26.0 Å². The van der Waals surface area contributed by atoms with E-state index >= 15 is 0 Å². The zero-order valence-electron chi connectivity index (χ0n) is 14.3. The number of hydrogen-bond acceptors (Lipinski definition) is 3.